The summed E-state index contributed by atoms with van der Waals surface area (Å²) in [5.74, 6) is -1.24. The fraction of sp³-hybridized carbons (Fsp3) is 0.214. The molecule has 0 saturated carbocycles. The van der Waals surface area contributed by atoms with E-state index in [0.29, 0.717) is 10.6 Å². The number of benzene rings is 1. The zero-order chi connectivity index (χ0) is 14.7. The van der Waals surface area contributed by atoms with E-state index >= 15 is 0 Å². The van der Waals surface area contributed by atoms with Crippen LogP contribution in [-0.2, 0) is 6.54 Å². The number of carboxylic acids is 1. The van der Waals surface area contributed by atoms with Crippen molar-refractivity contribution in [2.45, 2.75) is 20.4 Å². The number of hydrogen-bond acceptors (Lipinski definition) is 4. The number of amides is 1. The van der Waals surface area contributed by atoms with E-state index in [-0.39, 0.29) is 18.1 Å². The number of nitrogens with one attached hydrogen (secondary N) is 1. The van der Waals surface area contributed by atoms with E-state index < -0.39 is 5.97 Å². The Labute approximate surface area is 120 Å². The Bertz CT molecular complexity index is 664. The molecule has 0 aliphatic carbocycles. The predicted octanol–water partition coefficient (Wildman–Crippen LogP) is 2.39. The molecule has 0 spiro atoms. The van der Waals surface area contributed by atoms with Gasteiger partial charge in [-0.3, -0.25) is 4.79 Å². The van der Waals surface area contributed by atoms with Crippen molar-refractivity contribution in [3.63, 3.8) is 0 Å². The summed E-state index contributed by atoms with van der Waals surface area (Å²) in [6.45, 7) is 4.03. The molecule has 104 valence electrons. The van der Waals surface area contributed by atoms with Gasteiger partial charge in [0.25, 0.3) is 5.91 Å². The van der Waals surface area contributed by atoms with E-state index in [1.54, 1.807) is 0 Å². The molecular formula is C14H14N2O3S. The van der Waals surface area contributed by atoms with E-state index in [4.69, 9.17) is 5.11 Å². The smallest absolute Gasteiger partial charge is 0.355 e. The molecular weight excluding hydrogens is 276 g/mol. The number of hydrogen-bond donors (Lipinski definition) is 2. The Morgan fingerprint density at radius 2 is 2.10 bits per heavy atom. The minimum absolute atomic E-state index is 0.00554. The highest BCUT2D eigenvalue weighted by atomic mass is 32.1. The summed E-state index contributed by atoms with van der Waals surface area (Å²) >= 11 is 1.22. The topological polar surface area (TPSA) is 79.3 Å². The molecule has 2 aromatic rings. The maximum Gasteiger partial charge on any atom is 0.355 e. The molecule has 2 N–H and O–H groups in total. The molecule has 1 amide bonds. The standard InChI is InChI=1S/C14H14N2O3S/c1-8-3-4-9(2)10(5-8)13(17)15-6-12-16-11(7-20-12)14(18)19/h3-5,7H,6H2,1-2H3,(H,15,17)(H,18,19). The second-order valence-electron chi connectivity index (χ2n) is 4.43. The molecule has 0 radical (unpaired) electrons. The lowest BCUT2D eigenvalue weighted by Crippen LogP contribution is -2.23. The maximum atomic E-state index is 12.1. The van der Waals surface area contributed by atoms with Crippen LogP contribution in [0.5, 0.6) is 0 Å². The van der Waals surface area contributed by atoms with Crippen LogP contribution >= 0.6 is 11.3 Å². The molecule has 0 aliphatic rings. The first kappa shape index (κ1) is 14.2. The minimum Gasteiger partial charge on any atom is -0.476 e. The normalized spacial score (nSPS) is 10.3. The molecule has 2 rings (SSSR count). The average Bonchev–Trinajstić information content (AvgIpc) is 2.88. The third kappa shape index (κ3) is 3.21. The Hall–Kier alpha value is -2.21. The molecule has 1 heterocycles. The van der Waals surface area contributed by atoms with E-state index in [1.165, 1.54) is 16.7 Å². The first-order chi connectivity index (χ1) is 9.47. The van der Waals surface area contributed by atoms with E-state index in [1.807, 2.05) is 32.0 Å². The van der Waals surface area contributed by atoms with Gasteiger partial charge in [0.05, 0.1) is 6.54 Å². The van der Waals surface area contributed by atoms with Crippen molar-refractivity contribution in [3.05, 3.63) is 51.0 Å². The molecule has 0 saturated heterocycles. The molecule has 0 unspecified atom stereocenters. The molecule has 0 fully saturated rings. The van der Waals surface area contributed by atoms with Crippen molar-refractivity contribution in [2.24, 2.45) is 0 Å². The Kier molecular flexibility index (Phi) is 4.14. The molecule has 6 heteroatoms. The van der Waals surface area contributed by atoms with Gasteiger partial charge in [0.1, 0.15) is 5.01 Å². The summed E-state index contributed by atoms with van der Waals surface area (Å²) < 4.78 is 0. The number of thiazole rings is 1. The van der Waals surface area contributed by atoms with Crippen LogP contribution in [-0.4, -0.2) is 22.0 Å². The van der Waals surface area contributed by atoms with E-state index in [9.17, 15) is 9.59 Å². The fourth-order valence-corrected chi connectivity index (χ4v) is 2.43. The predicted molar refractivity (Wildman–Crippen MR) is 76.2 cm³/mol. The summed E-state index contributed by atoms with van der Waals surface area (Å²) in [7, 11) is 0. The highest BCUT2D eigenvalue weighted by Gasteiger charge is 2.12. The molecule has 1 aromatic carbocycles. The zero-order valence-electron chi connectivity index (χ0n) is 11.1. The lowest BCUT2D eigenvalue weighted by molar-refractivity contribution is 0.0691. The van der Waals surface area contributed by atoms with Gasteiger partial charge >= 0.3 is 5.97 Å². The first-order valence-electron chi connectivity index (χ1n) is 6.00. The van der Waals surface area contributed by atoms with Crippen LogP contribution in [0.3, 0.4) is 0 Å². The number of carboxylic acid groups (broad SMARTS) is 1. The second-order valence-corrected chi connectivity index (χ2v) is 5.38. The highest BCUT2D eigenvalue weighted by molar-refractivity contribution is 7.09. The number of aromatic carboxylic acids is 1. The molecule has 0 atom stereocenters. The number of carbonyl (C=O) groups excluding carboxylic acids is 1. The van der Waals surface area contributed by atoms with Gasteiger partial charge in [0.15, 0.2) is 5.69 Å². The van der Waals surface area contributed by atoms with Crippen molar-refractivity contribution in [1.29, 1.82) is 0 Å². The van der Waals surface area contributed by atoms with Crippen LogP contribution < -0.4 is 5.32 Å². The molecule has 0 aliphatic heterocycles. The lowest BCUT2D eigenvalue weighted by atomic mass is 10.1. The van der Waals surface area contributed by atoms with E-state index in [2.05, 4.69) is 10.3 Å². The van der Waals surface area contributed by atoms with Gasteiger partial charge < -0.3 is 10.4 Å². The number of rotatable bonds is 4. The van der Waals surface area contributed by atoms with Gasteiger partial charge in [0, 0.05) is 10.9 Å². The van der Waals surface area contributed by atoms with Gasteiger partial charge in [-0.2, -0.15) is 0 Å². The van der Waals surface area contributed by atoms with Crippen molar-refractivity contribution < 1.29 is 14.7 Å². The van der Waals surface area contributed by atoms with Gasteiger partial charge in [-0.15, -0.1) is 11.3 Å². The monoisotopic (exact) mass is 290 g/mol. The SMILES string of the molecule is Cc1ccc(C)c(C(=O)NCc2nc(C(=O)O)cs2)c1. The number of aryl methyl sites for hydroxylation is 2. The van der Waals surface area contributed by atoms with Gasteiger partial charge in [-0.25, -0.2) is 9.78 Å². The number of carbonyl (C=O) groups is 2. The molecule has 1 aromatic heterocycles. The van der Waals surface area contributed by atoms with Crippen molar-refractivity contribution in [1.82, 2.24) is 10.3 Å². The van der Waals surface area contributed by atoms with Crippen molar-refractivity contribution >= 4 is 23.2 Å². The third-order valence-corrected chi connectivity index (χ3v) is 3.66. The number of aromatic nitrogens is 1. The lowest BCUT2D eigenvalue weighted by Gasteiger charge is -2.07. The van der Waals surface area contributed by atoms with Crippen LogP contribution in [0.4, 0.5) is 0 Å². The second kappa shape index (κ2) is 5.83. The summed E-state index contributed by atoms with van der Waals surface area (Å²) in [6, 6.07) is 5.68. The van der Waals surface area contributed by atoms with E-state index in [0.717, 1.165) is 11.1 Å². The summed E-state index contributed by atoms with van der Waals surface area (Å²) in [6.07, 6.45) is 0. The maximum absolute atomic E-state index is 12.1. The highest BCUT2D eigenvalue weighted by Crippen LogP contribution is 2.12. The molecule has 0 bridgehead atoms. The minimum atomic E-state index is -1.06. The summed E-state index contributed by atoms with van der Waals surface area (Å²) in [4.78, 5) is 26.7. The van der Waals surface area contributed by atoms with Crippen LogP contribution in [0, 0.1) is 13.8 Å². The van der Waals surface area contributed by atoms with Gasteiger partial charge in [0.2, 0.25) is 0 Å². The van der Waals surface area contributed by atoms with Gasteiger partial charge in [-0.05, 0) is 25.5 Å². The van der Waals surface area contributed by atoms with Crippen molar-refractivity contribution in [2.75, 3.05) is 0 Å². The Morgan fingerprint density at radius 1 is 1.35 bits per heavy atom. The first-order valence-corrected chi connectivity index (χ1v) is 6.88. The Morgan fingerprint density at radius 3 is 2.75 bits per heavy atom. The molecule has 20 heavy (non-hydrogen) atoms. The zero-order valence-corrected chi connectivity index (χ0v) is 12.0. The molecule has 5 nitrogen and oxygen atoms in total. The van der Waals surface area contributed by atoms with Crippen LogP contribution in [0.25, 0.3) is 0 Å². The van der Waals surface area contributed by atoms with Crippen LogP contribution in [0.1, 0.15) is 37.0 Å². The van der Waals surface area contributed by atoms with Crippen LogP contribution in [0.2, 0.25) is 0 Å². The fourth-order valence-electron chi connectivity index (χ4n) is 1.72. The van der Waals surface area contributed by atoms with Crippen molar-refractivity contribution in [3.8, 4) is 0 Å². The summed E-state index contributed by atoms with van der Waals surface area (Å²) in [5, 5.41) is 13.6. The van der Waals surface area contributed by atoms with Crippen LogP contribution in [0.15, 0.2) is 23.6 Å². The average molecular weight is 290 g/mol. The largest absolute Gasteiger partial charge is 0.476 e. The summed E-state index contributed by atoms with van der Waals surface area (Å²) in [5.41, 5.74) is 2.55. The quantitative estimate of drug-likeness (QED) is 0.906. The van der Waals surface area contributed by atoms with Gasteiger partial charge in [-0.1, -0.05) is 17.7 Å². The Balaban J connectivity index is 2.04. The number of nitrogens with zero attached hydrogens (tertiary/aromatic N) is 1. The third-order valence-electron chi connectivity index (χ3n) is 2.81.